The lowest BCUT2D eigenvalue weighted by Crippen LogP contribution is -2.40. The molecule has 7 nitrogen and oxygen atoms in total. The van der Waals surface area contributed by atoms with Crippen molar-refractivity contribution in [2.45, 2.75) is 10.4 Å². The van der Waals surface area contributed by atoms with Crippen LogP contribution in [0.15, 0.2) is 58.7 Å². The summed E-state index contributed by atoms with van der Waals surface area (Å²) in [6.07, 6.45) is 3.05. The van der Waals surface area contributed by atoms with Gasteiger partial charge in [0.2, 0.25) is 0 Å². The number of hydrogen-bond acceptors (Lipinski definition) is 6. The number of para-hydroxylation sites is 1. The van der Waals surface area contributed by atoms with Crippen molar-refractivity contribution in [1.82, 2.24) is 9.40 Å². The number of rotatable bonds is 3. The van der Waals surface area contributed by atoms with E-state index >= 15 is 0 Å². The second-order valence-corrected chi connectivity index (χ2v) is 7.27. The molecular weight excluding hydrogens is 322 g/mol. The van der Waals surface area contributed by atoms with E-state index in [9.17, 15) is 8.42 Å². The lowest BCUT2D eigenvalue weighted by Gasteiger charge is -2.23. The first-order valence-corrected chi connectivity index (χ1v) is 8.78. The predicted molar refractivity (Wildman–Crippen MR) is 85.7 cm³/mol. The van der Waals surface area contributed by atoms with Crippen LogP contribution >= 0.6 is 11.8 Å². The standard InChI is InChI=1S/C13H11N5O2S2/c19-22(20,16-12-7-3-4-8-14-12)18-13-17(9-15-18)10-5-1-2-6-11(10)21-13/h1-9,13H,(H,14,16). The molecule has 1 aromatic heterocycles. The molecule has 4 rings (SSSR count). The van der Waals surface area contributed by atoms with E-state index in [0.717, 1.165) is 15.0 Å². The number of nitrogens with one attached hydrogen (secondary N) is 1. The molecule has 0 spiro atoms. The van der Waals surface area contributed by atoms with Gasteiger partial charge in [-0.2, -0.15) is 8.42 Å². The summed E-state index contributed by atoms with van der Waals surface area (Å²) in [5, 5.41) is 4.02. The summed E-state index contributed by atoms with van der Waals surface area (Å²) in [5.74, 6) is 0.261. The van der Waals surface area contributed by atoms with Crippen molar-refractivity contribution in [2.24, 2.45) is 5.10 Å². The van der Waals surface area contributed by atoms with E-state index in [4.69, 9.17) is 0 Å². The molecule has 2 aliphatic heterocycles. The lowest BCUT2D eigenvalue weighted by molar-refractivity contribution is 0.446. The smallest absolute Gasteiger partial charge is 0.297 e. The monoisotopic (exact) mass is 333 g/mol. The van der Waals surface area contributed by atoms with E-state index in [0.29, 0.717) is 0 Å². The molecular formula is C13H11N5O2S2. The molecule has 1 atom stereocenters. The quantitative estimate of drug-likeness (QED) is 0.928. The Kier molecular flexibility index (Phi) is 2.98. The lowest BCUT2D eigenvalue weighted by atomic mass is 10.3. The number of anilines is 2. The summed E-state index contributed by atoms with van der Waals surface area (Å²) < 4.78 is 28.5. The number of nitrogens with zero attached hydrogens (tertiary/aromatic N) is 4. The number of benzene rings is 1. The zero-order chi connectivity index (χ0) is 15.2. The third-order valence-corrected chi connectivity index (χ3v) is 5.86. The van der Waals surface area contributed by atoms with E-state index in [1.54, 1.807) is 18.2 Å². The fourth-order valence-electron chi connectivity index (χ4n) is 2.28. The Balaban J connectivity index is 1.62. The minimum absolute atomic E-state index is 0.261. The maximum atomic E-state index is 12.5. The summed E-state index contributed by atoms with van der Waals surface area (Å²) >= 11 is 1.44. The minimum atomic E-state index is -3.82. The highest BCUT2D eigenvalue weighted by atomic mass is 32.2. The third-order valence-electron chi connectivity index (χ3n) is 3.24. The van der Waals surface area contributed by atoms with Crippen LogP contribution in [0.5, 0.6) is 0 Å². The van der Waals surface area contributed by atoms with Gasteiger partial charge >= 0.3 is 10.2 Å². The second kappa shape index (κ2) is 4.89. The highest BCUT2D eigenvalue weighted by Crippen LogP contribution is 2.46. The minimum Gasteiger partial charge on any atom is -0.297 e. The van der Waals surface area contributed by atoms with Crippen molar-refractivity contribution in [2.75, 3.05) is 9.62 Å². The number of fused-ring (bicyclic) bond motifs is 3. The number of hydrazone groups is 1. The molecule has 22 heavy (non-hydrogen) atoms. The van der Waals surface area contributed by atoms with Crippen LogP contribution < -0.4 is 9.62 Å². The maximum absolute atomic E-state index is 12.5. The first-order valence-electron chi connectivity index (χ1n) is 6.46. The molecule has 0 saturated heterocycles. The van der Waals surface area contributed by atoms with Crippen LogP contribution in [-0.4, -0.2) is 29.7 Å². The summed E-state index contributed by atoms with van der Waals surface area (Å²) in [7, 11) is -3.82. The third kappa shape index (κ3) is 2.09. The van der Waals surface area contributed by atoms with Gasteiger partial charge in [-0.05, 0) is 24.3 Å². The van der Waals surface area contributed by atoms with E-state index in [1.165, 1.54) is 24.3 Å². The highest BCUT2D eigenvalue weighted by molar-refractivity contribution is 8.01. The molecule has 1 aromatic carbocycles. The largest absolute Gasteiger partial charge is 0.342 e. The van der Waals surface area contributed by atoms with Crippen molar-refractivity contribution in [3.63, 3.8) is 0 Å². The molecule has 0 aliphatic carbocycles. The fourth-order valence-corrected chi connectivity index (χ4v) is 4.83. The highest BCUT2D eigenvalue weighted by Gasteiger charge is 2.43. The average Bonchev–Trinajstić information content (AvgIpc) is 3.06. The molecule has 1 unspecified atom stereocenters. The molecule has 2 aliphatic rings. The van der Waals surface area contributed by atoms with Crippen molar-refractivity contribution in [1.29, 1.82) is 0 Å². The fraction of sp³-hybridized carbons (Fsp3) is 0.0769. The zero-order valence-electron chi connectivity index (χ0n) is 11.2. The van der Waals surface area contributed by atoms with Crippen LogP contribution in [0.3, 0.4) is 0 Å². The van der Waals surface area contributed by atoms with Crippen LogP contribution in [0.25, 0.3) is 0 Å². The summed E-state index contributed by atoms with van der Waals surface area (Å²) in [5.41, 5.74) is 0.510. The molecule has 2 aromatic rings. The number of pyridine rings is 1. The van der Waals surface area contributed by atoms with Gasteiger partial charge in [-0.3, -0.25) is 4.90 Å². The van der Waals surface area contributed by atoms with E-state index in [1.807, 2.05) is 29.2 Å². The van der Waals surface area contributed by atoms with E-state index in [-0.39, 0.29) is 5.82 Å². The second-order valence-electron chi connectivity index (χ2n) is 4.64. The Morgan fingerprint density at radius 3 is 2.77 bits per heavy atom. The van der Waals surface area contributed by atoms with Crippen LogP contribution in [0.2, 0.25) is 0 Å². The summed E-state index contributed by atoms with van der Waals surface area (Å²) in [6.45, 7) is 0. The van der Waals surface area contributed by atoms with E-state index < -0.39 is 15.7 Å². The van der Waals surface area contributed by atoms with Gasteiger partial charge < -0.3 is 0 Å². The Morgan fingerprint density at radius 2 is 1.95 bits per heavy atom. The van der Waals surface area contributed by atoms with Crippen molar-refractivity contribution in [3.05, 3.63) is 48.7 Å². The Morgan fingerprint density at radius 1 is 1.14 bits per heavy atom. The molecule has 0 saturated carbocycles. The molecule has 0 radical (unpaired) electrons. The maximum Gasteiger partial charge on any atom is 0.342 e. The number of aromatic nitrogens is 1. The molecule has 112 valence electrons. The zero-order valence-corrected chi connectivity index (χ0v) is 12.8. The first kappa shape index (κ1) is 13.4. The van der Waals surface area contributed by atoms with Gasteiger partial charge in [-0.15, -0.1) is 9.52 Å². The Labute approximate surface area is 131 Å². The van der Waals surface area contributed by atoms with Crippen LogP contribution in [0.1, 0.15) is 0 Å². The van der Waals surface area contributed by atoms with Crippen molar-refractivity contribution in [3.8, 4) is 0 Å². The SMILES string of the molecule is O=S(=O)(Nc1ccccn1)N1N=CN2c3ccccc3SC21. The molecule has 1 N–H and O–H groups in total. The Hall–Kier alpha value is -2.26. The van der Waals surface area contributed by atoms with Crippen LogP contribution in [0, 0.1) is 0 Å². The van der Waals surface area contributed by atoms with E-state index in [2.05, 4.69) is 14.8 Å². The van der Waals surface area contributed by atoms with Gasteiger partial charge in [0.05, 0.1) is 5.69 Å². The molecule has 3 heterocycles. The van der Waals surface area contributed by atoms with Gasteiger partial charge in [0.25, 0.3) is 0 Å². The van der Waals surface area contributed by atoms with Crippen molar-refractivity contribution >= 4 is 39.8 Å². The predicted octanol–water partition coefficient (Wildman–Crippen LogP) is 1.89. The van der Waals surface area contributed by atoms with Gasteiger partial charge in [-0.1, -0.05) is 30.0 Å². The molecule has 0 fully saturated rings. The molecule has 0 amide bonds. The van der Waals surface area contributed by atoms with Gasteiger partial charge in [0.1, 0.15) is 12.2 Å². The topological polar surface area (TPSA) is 77.9 Å². The number of hydrogen-bond donors (Lipinski definition) is 1. The summed E-state index contributed by atoms with van der Waals surface area (Å²) in [4.78, 5) is 6.83. The summed E-state index contributed by atoms with van der Waals surface area (Å²) in [6, 6.07) is 12.8. The molecule has 9 heteroatoms. The Bertz CT molecular complexity index is 841. The van der Waals surface area contributed by atoms with Crippen molar-refractivity contribution < 1.29 is 8.42 Å². The van der Waals surface area contributed by atoms with Gasteiger partial charge in [-0.25, -0.2) is 9.71 Å². The van der Waals surface area contributed by atoms with Crippen LogP contribution in [0.4, 0.5) is 11.5 Å². The number of thioether (sulfide) groups is 1. The van der Waals surface area contributed by atoms with Crippen LogP contribution in [-0.2, 0) is 10.2 Å². The van der Waals surface area contributed by atoms with Gasteiger partial charge in [0, 0.05) is 11.1 Å². The first-order chi connectivity index (χ1) is 10.6. The van der Waals surface area contributed by atoms with Gasteiger partial charge in [0.15, 0.2) is 5.50 Å². The molecule has 0 bridgehead atoms. The average molecular weight is 333 g/mol. The normalized spacial score (nSPS) is 19.2.